The van der Waals surface area contributed by atoms with Gasteiger partial charge in [0.25, 0.3) is 0 Å². The highest BCUT2D eigenvalue weighted by Crippen LogP contribution is 2.25. The number of thiazole rings is 1. The number of carbonyl (C=O) groups excluding carboxylic acids is 1. The van der Waals surface area contributed by atoms with Gasteiger partial charge in [-0.1, -0.05) is 0 Å². The van der Waals surface area contributed by atoms with E-state index in [4.69, 9.17) is 5.73 Å². The maximum atomic E-state index is 11.6. The van der Waals surface area contributed by atoms with Gasteiger partial charge in [-0.2, -0.15) is 0 Å². The maximum Gasteiger partial charge on any atom is 0.185 e. The number of hydrogen-bond donors (Lipinski definition) is 1. The topological polar surface area (TPSA) is 62.5 Å². The third-order valence-electron chi connectivity index (χ3n) is 3.75. The Bertz CT molecular complexity index is 633. The number of benzene rings is 1. The van der Waals surface area contributed by atoms with Crippen molar-refractivity contribution in [3.8, 4) is 0 Å². The number of Topliss-reactive ketones (excluding diaryl/α,β-unsaturated/α-hetero) is 1. The van der Waals surface area contributed by atoms with E-state index in [0.717, 1.165) is 37.0 Å². The van der Waals surface area contributed by atoms with Gasteiger partial charge in [0, 0.05) is 54.7 Å². The van der Waals surface area contributed by atoms with Gasteiger partial charge in [0.05, 0.1) is 0 Å². The van der Waals surface area contributed by atoms with Crippen LogP contribution in [0.3, 0.4) is 0 Å². The van der Waals surface area contributed by atoms with E-state index in [1.807, 2.05) is 29.8 Å². The zero-order valence-corrected chi connectivity index (χ0v) is 12.8. The molecular formula is C15H18N4OS. The van der Waals surface area contributed by atoms with Gasteiger partial charge in [-0.25, -0.2) is 4.98 Å². The number of anilines is 3. The van der Waals surface area contributed by atoms with Crippen molar-refractivity contribution in [1.29, 1.82) is 0 Å². The molecule has 0 aliphatic carbocycles. The van der Waals surface area contributed by atoms with Crippen LogP contribution in [0.2, 0.25) is 0 Å². The average Bonchev–Trinajstić information content (AvgIpc) is 3.02. The number of nitrogen functional groups attached to an aromatic ring is 1. The van der Waals surface area contributed by atoms with Crippen molar-refractivity contribution in [3.05, 3.63) is 35.3 Å². The normalized spacial score (nSPS) is 15.3. The summed E-state index contributed by atoms with van der Waals surface area (Å²) in [5, 5.41) is 3.08. The molecule has 0 atom stereocenters. The summed E-state index contributed by atoms with van der Waals surface area (Å²) in [4.78, 5) is 20.5. The fourth-order valence-electron chi connectivity index (χ4n) is 2.57. The Labute approximate surface area is 128 Å². The van der Waals surface area contributed by atoms with Crippen LogP contribution in [0.4, 0.5) is 16.5 Å². The van der Waals surface area contributed by atoms with Crippen molar-refractivity contribution >= 4 is 33.6 Å². The number of rotatable bonds is 3. The van der Waals surface area contributed by atoms with E-state index in [0.29, 0.717) is 11.3 Å². The molecule has 2 heterocycles. The average molecular weight is 302 g/mol. The Morgan fingerprint density at radius 1 is 1.24 bits per heavy atom. The van der Waals surface area contributed by atoms with Crippen molar-refractivity contribution < 1.29 is 4.79 Å². The predicted octanol–water partition coefficient (Wildman–Crippen LogP) is 2.25. The fourth-order valence-corrected chi connectivity index (χ4v) is 3.27. The molecule has 1 aromatic heterocycles. The SMILES string of the molecule is CC(=O)c1cc(N2CCN(c3nccs3)CC2)ccc1N. The van der Waals surface area contributed by atoms with Crippen LogP contribution in [-0.4, -0.2) is 36.9 Å². The van der Waals surface area contributed by atoms with E-state index in [-0.39, 0.29) is 5.78 Å². The molecular weight excluding hydrogens is 284 g/mol. The molecule has 1 aromatic carbocycles. The minimum Gasteiger partial charge on any atom is -0.398 e. The lowest BCUT2D eigenvalue weighted by atomic mass is 10.1. The van der Waals surface area contributed by atoms with Crippen LogP contribution in [-0.2, 0) is 0 Å². The van der Waals surface area contributed by atoms with Crippen LogP contribution in [0.15, 0.2) is 29.8 Å². The molecule has 6 heteroatoms. The summed E-state index contributed by atoms with van der Waals surface area (Å²) >= 11 is 1.67. The zero-order valence-electron chi connectivity index (χ0n) is 12.0. The van der Waals surface area contributed by atoms with Gasteiger partial charge in [0.2, 0.25) is 0 Å². The summed E-state index contributed by atoms with van der Waals surface area (Å²) in [6.07, 6.45) is 1.84. The molecule has 2 aromatic rings. The van der Waals surface area contributed by atoms with Gasteiger partial charge >= 0.3 is 0 Å². The Morgan fingerprint density at radius 3 is 2.57 bits per heavy atom. The standard InChI is InChI=1S/C15H18N4OS/c1-11(20)13-10-12(2-3-14(13)16)18-5-7-19(8-6-18)15-17-4-9-21-15/h2-4,9-10H,5-8,16H2,1H3. The van der Waals surface area contributed by atoms with E-state index in [1.54, 1.807) is 18.3 Å². The van der Waals surface area contributed by atoms with Crippen molar-refractivity contribution in [2.75, 3.05) is 41.7 Å². The maximum absolute atomic E-state index is 11.6. The molecule has 0 amide bonds. The van der Waals surface area contributed by atoms with E-state index in [9.17, 15) is 4.79 Å². The third-order valence-corrected chi connectivity index (χ3v) is 4.58. The molecule has 1 aliphatic rings. The number of nitrogens with two attached hydrogens (primary N) is 1. The molecule has 0 bridgehead atoms. The van der Waals surface area contributed by atoms with Gasteiger partial charge in [-0.15, -0.1) is 11.3 Å². The van der Waals surface area contributed by atoms with Crippen LogP contribution in [0.25, 0.3) is 0 Å². The number of ketones is 1. The summed E-state index contributed by atoms with van der Waals surface area (Å²) in [6, 6.07) is 5.71. The first kappa shape index (κ1) is 13.9. The molecule has 110 valence electrons. The van der Waals surface area contributed by atoms with Gasteiger partial charge < -0.3 is 15.5 Å². The molecule has 0 spiro atoms. The number of hydrogen-bond acceptors (Lipinski definition) is 6. The first-order valence-corrected chi connectivity index (χ1v) is 7.83. The largest absolute Gasteiger partial charge is 0.398 e. The second kappa shape index (κ2) is 5.73. The molecule has 3 rings (SSSR count). The van der Waals surface area contributed by atoms with Crippen LogP contribution < -0.4 is 15.5 Å². The van der Waals surface area contributed by atoms with E-state index < -0.39 is 0 Å². The predicted molar refractivity (Wildman–Crippen MR) is 87.4 cm³/mol. The molecule has 0 radical (unpaired) electrons. The lowest BCUT2D eigenvalue weighted by Crippen LogP contribution is -2.46. The fraction of sp³-hybridized carbons (Fsp3) is 0.333. The van der Waals surface area contributed by atoms with Crippen LogP contribution >= 0.6 is 11.3 Å². The Kier molecular flexibility index (Phi) is 3.79. The van der Waals surface area contributed by atoms with Gasteiger partial charge in [-0.05, 0) is 25.1 Å². The van der Waals surface area contributed by atoms with E-state index in [1.165, 1.54) is 0 Å². The molecule has 2 N–H and O–H groups in total. The monoisotopic (exact) mass is 302 g/mol. The first-order chi connectivity index (χ1) is 10.1. The quantitative estimate of drug-likeness (QED) is 0.696. The van der Waals surface area contributed by atoms with Crippen molar-refractivity contribution in [3.63, 3.8) is 0 Å². The molecule has 0 saturated carbocycles. The summed E-state index contributed by atoms with van der Waals surface area (Å²) < 4.78 is 0. The zero-order chi connectivity index (χ0) is 14.8. The lowest BCUT2D eigenvalue weighted by molar-refractivity contribution is 0.101. The highest BCUT2D eigenvalue weighted by molar-refractivity contribution is 7.13. The van der Waals surface area contributed by atoms with E-state index in [2.05, 4.69) is 14.8 Å². The Morgan fingerprint density at radius 2 is 1.95 bits per heavy atom. The summed E-state index contributed by atoms with van der Waals surface area (Å²) in [5.41, 5.74) is 8.07. The number of carbonyl (C=O) groups is 1. The number of piperazine rings is 1. The second-order valence-electron chi connectivity index (χ2n) is 5.12. The van der Waals surface area contributed by atoms with Crippen molar-refractivity contribution in [2.45, 2.75) is 6.92 Å². The van der Waals surface area contributed by atoms with Gasteiger partial charge in [-0.3, -0.25) is 4.79 Å². The highest BCUT2D eigenvalue weighted by Gasteiger charge is 2.19. The van der Waals surface area contributed by atoms with Crippen molar-refractivity contribution in [2.24, 2.45) is 0 Å². The van der Waals surface area contributed by atoms with Crippen LogP contribution in [0.5, 0.6) is 0 Å². The molecule has 1 saturated heterocycles. The molecule has 21 heavy (non-hydrogen) atoms. The lowest BCUT2D eigenvalue weighted by Gasteiger charge is -2.36. The number of nitrogens with zero attached hydrogens (tertiary/aromatic N) is 3. The molecule has 1 aliphatic heterocycles. The summed E-state index contributed by atoms with van der Waals surface area (Å²) in [7, 11) is 0. The van der Waals surface area contributed by atoms with Crippen molar-refractivity contribution in [1.82, 2.24) is 4.98 Å². The van der Waals surface area contributed by atoms with Crippen LogP contribution in [0, 0.1) is 0 Å². The molecule has 0 unspecified atom stereocenters. The smallest absolute Gasteiger partial charge is 0.185 e. The van der Waals surface area contributed by atoms with Gasteiger partial charge in [0.15, 0.2) is 10.9 Å². The minimum absolute atomic E-state index is 0.00997. The summed E-state index contributed by atoms with van der Waals surface area (Å²) in [6.45, 7) is 5.26. The Balaban J connectivity index is 1.72. The minimum atomic E-state index is 0.00997. The Hall–Kier alpha value is -2.08. The second-order valence-corrected chi connectivity index (χ2v) is 5.99. The van der Waals surface area contributed by atoms with Gasteiger partial charge in [0.1, 0.15) is 0 Å². The van der Waals surface area contributed by atoms with Crippen LogP contribution in [0.1, 0.15) is 17.3 Å². The number of aromatic nitrogens is 1. The highest BCUT2D eigenvalue weighted by atomic mass is 32.1. The first-order valence-electron chi connectivity index (χ1n) is 6.95. The third kappa shape index (κ3) is 2.85. The molecule has 5 nitrogen and oxygen atoms in total. The summed E-state index contributed by atoms with van der Waals surface area (Å²) in [5.74, 6) is 0.00997. The molecule has 1 fully saturated rings. The van der Waals surface area contributed by atoms with E-state index >= 15 is 0 Å².